The molecule has 5 heteroatoms. The lowest BCUT2D eigenvalue weighted by atomic mass is 9.96. The molecular weight excluding hydrogens is 243 g/mol. The van der Waals surface area contributed by atoms with Gasteiger partial charge in [0.15, 0.2) is 17.5 Å². The number of halogens is 3. The predicted molar refractivity (Wildman–Crippen MR) is 63.3 cm³/mol. The summed E-state index contributed by atoms with van der Waals surface area (Å²) >= 11 is 0. The minimum absolute atomic E-state index is 0.0580. The van der Waals surface area contributed by atoms with Gasteiger partial charge in [0.25, 0.3) is 0 Å². The summed E-state index contributed by atoms with van der Waals surface area (Å²) in [6.07, 6.45) is 0.275. The first-order valence-corrected chi connectivity index (χ1v) is 5.91. The van der Waals surface area contributed by atoms with Gasteiger partial charge < -0.3 is 10.8 Å². The van der Waals surface area contributed by atoms with Crippen molar-refractivity contribution >= 4 is 0 Å². The SMILES string of the molecule is CC(C)CC[C@@H](O)[C@@H](N)c1cc(F)c(F)c(F)c1. The van der Waals surface area contributed by atoms with Crippen molar-refractivity contribution in [3.8, 4) is 0 Å². The molecule has 0 fully saturated rings. The van der Waals surface area contributed by atoms with Gasteiger partial charge in [-0.1, -0.05) is 13.8 Å². The highest BCUT2D eigenvalue weighted by Gasteiger charge is 2.20. The smallest absolute Gasteiger partial charge is 0.194 e. The molecule has 0 heterocycles. The van der Waals surface area contributed by atoms with Crippen LogP contribution in [-0.2, 0) is 0 Å². The van der Waals surface area contributed by atoms with E-state index in [-0.39, 0.29) is 5.56 Å². The molecule has 0 aliphatic rings. The number of aliphatic hydroxyl groups excluding tert-OH is 1. The van der Waals surface area contributed by atoms with Crippen LogP contribution in [0.4, 0.5) is 13.2 Å². The Morgan fingerprint density at radius 1 is 1.11 bits per heavy atom. The van der Waals surface area contributed by atoms with Crippen molar-refractivity contribution < 1.29 is 18.3 Å². The number of aliphatic hydroxyl groups is 1. The van der Waals surface area contributed by atoms with Gasteiger partial charge in [0, 0.05) is 0 Å². The Kier molecular flexibility index (Phi) is 5.16. The standard InChI is InChI=1S/C13H18F3NO/c1-7(2)3-4-11(18)13(17)8-5-9(14)12(16)10(15)6-8/h5-7,11,13,18H,3-4,17H2,1-2H3/t11-,13+/m1/s1. The first-order chi connectivity index (χ1) is 8.32. The molecule has 0 unspecified atom stereocenters. The van der Waals surface area contributed by atoms with E-state index in [9.17, 15) is 18.3 Å². The molecule has 0 saturated carbocycles. The molecule has 0 spiro atoms. The van der Waals surface area contributed by atoms with E-state index in [4.69, 9.17) is 5.73 Å². The highest BCUT2D eigenvalue weighted by atomic mass is 19.2. The average molecular weight is 261 g/mol. The van der Waals surface area contributed by atoms with Gasteiger partial charge in [-0.3, -0.25) is 0 Å². The van der Waals surface area contributed by atoms with Crippen LogP contribution in [0.15, 0.2) is 12.1 Å². The molecule has 0 saturated heterocycles. The monoisotopic (exact) mass is 261 g/mol. The van der Waals surface area contributed by atoms with Crippen molar-refractivity contribution in [3.05, 3.63) is 35.1 Å². The van der Waals surface area contributed by atoms with Crippen LogP contribution in [0.5, 0.6) is 0 Å². The van der Waals surface area contributed by atoms with E-state index >= 15 is 0 Å². The van der Waals surface area contributed by atoms with Crippen LogP contribution in [0, 0.1) is 23.4 Å². The van der Waals surface area contributed by atoms with Crippen LogP contribution < -0.4 is 5.73 Å². The van der Waals surface area contributed by atoms with E-state index in [1.54, 1.807) is 0 Å². The van der Waals surface area contributed by atoms with Gasteiger partial charge in [-0.2, -0.15) is 0 Å². The van der Waals surface area contributed by atoms with Gasteiger partial charge in [0.05, 0.1) is 12.1 Å². The fourth-order valence-electron chi connectivity index (χ4n) is 1.67. The predicted octanol–water partition coefficient (Wildman–Crippen LogP) is 2.90. The van der Waals surface area contributed by atoms with E-state index in [1.807, 2.05) is 13.8 Å². The zero-order valence-electron chi connectivity index (χ0n) is 10.5. The molecular formula is C13H18F3NO. The lowest BCUT2D eigenvalue weighted by Crippen LogP contribution is -2.27. The van der Waals surface area contributed by atoms with Crippen LogP contribution in [0.1, 0.15) is 38.3 Å². The number of nitrogens with two attached hydrogens (primary N) is 1. The molecule has 1 aromatic carbocycles. The Labute approximate surface area is 105 Å². The second kappa shape index (κ2) is 6.20. The molecule has 0 aromatic heterocycles. The maximum absolute atomic E-state index is 13.0. The third kappa shape index (κ3) is 3.71. The van der Waals surface area contributed by atoms with Crippen LogP contribution in [0.3, 0.4) is 0 Å². The molecule has 1 aromatic rings. The summed E-state index contributed by atoms with van der Waals surface area (Å²) in [5.74, 6) is -3.72. The normalized spacial score (nSPS) is 14.9. The molecule has 18 heavy (non-hydrogen) atoms. The molecule has 0 radical (unpaired) electrons. The zero-order valence-corrected chi connectivity index (χ0v) is 10.5. The maximum atomic E-state index is 13.0. The number of benzene rings is 1. The summed E-state index contributed by atoms with van der Waals surface area (Å²) in [5.41, 5.74) is 5.76. The lowest BCUT2D eigenvalue weighted by Gasteiger charge is -2.20. The van der Waals surface area contributed by atoms with Crippen LogP contribution in [-0.4, -0.2) is 11.2 Å². The largest absolute Gasteiger partial charge is 0.391 e. The van der Waals surface area contributed by atoms with E-state index in [2.05, 4.69) is 0 Å². The van der Waals surface area contributed by atoms with Crippen LogP contribution >= 0.6 is 0 Å². The summed E-state index contributed by atoms with van der Waals surface area (Å²) in [6.45, 7) is 3.99. The summed E-state index contributed by atoms with van der Waals surface area (Å²) in [6, 6.07) is 0.719. The van der Waals surface area contributed by atoms with Crippen molar-refractivity contribution in [1.82, 2.24) is 0 Å². The van der Waals surface area contributed by atoms with Gasteiger partial charge in [-0.05, 0) is 36.5 Å². The first kappa shape index (κ1) is 15.0. The highest BCUT2D eigenvalue weighted by molar-refractivity contribution is 5.23. The lowest BCUT2D eigenvalue weighted by molar-refractivity contribution is 0.128. The van der Waals surface area contributed by atoms with Crippen molar-refractivity contribution in [1.29, 1.82) is 0 Å². The molecule has 102 valence electrons. The second-order valence-electron chi connectivity index (χ2n) is 4.86. The van der Waals surface area contributed by atoms with Crippen molar-refractivity contribution in [2.45, 2.75) is 38.8 Å². The summed E-state index contributed by atoms with van der Waals surface area (Å²) in [7, 11) is 0. The Morgan fingerprint density at radius 2 is 1.61 bits per heavy atom. The molecule has 2 atom stereocenters. The van der Waals surface area contributed by atoms with Gasteiger partial charge in [-0.25, -0.2) is 13.2 Å². The third-order valence-electron chi connectivity index (χ3n) is 2.85. The average Bonchev–Trinajstić information content (AvgIpc) is 2.31. The summed E-state index contributed by atoms with van der Waals surface area (Å²) in [4.78, 5) is 0. The van der Waals surface area contributed by atoms with Crippen LogP contribution in [0.2, 0.25) is 0 Å². The number of rotatable bonds is 5. The van der Waals surface area contributed by atoms with E-state index in [0.717, 1.165) is 18.6 Å². The van der Waals surface area contributed by atoms with Crippen molar-refractivity contribution in [2.24, 2.45) is 11.7 Å². The van der Waals surface area contributed by atoms with Crippen molar-refractivity contribution in [3.63, 3.8) is 0 Å². The Bertz CT molecular complexity index is 386. The van der Waals surface area contributed by atoms with Gasteiger partial charge in [0.2, 0.25) is 0 Å². The minimum atomic E-state index is -1.53. The van der Waals surface area contributed by atoms with Gasteiger partial charge in [0.1, 0.15) is 0 Å². The van der Waals surface area contributed by atoms with E-state index in [0.29, 0.717) is 12.3 Å². The topological polar surface area (TPSA) is 46.2 Å². The summed E-state index contributed by atoms with van der Waals surface area (Å²) in [5, 5.41) is 9.81. The number of hydrogen-bond acceptors (Lipinski definition) is 2. The molecule has 2 nitrogen and oxygen atoms in total. The molecule has 0 aliphatic heterocycles. The maximum Gasteiger partial charge on any atom is 0.194 e. The van der Waals surface area contributed by atoms with Gasteiger partial charge >= 0.3 is 0 Å². The van der Waals surface area contributed by atoms with E-state index < -0.39 is 29.6 Å². The quantitative estimate of drug-likeness (QED) is 0.800. The highest BCUT2D eigenvalue weighted by Crippen LogP contribution is 2.22. The Hall–Kier alpha value is -1.07. The molecule has 1 rings (SSSR count). The fraction of sp³-hybridized carbons (Fsp3) is 0.538. The van der Waals surface area contributed by atoms with Crippen LogP contribution in [0.25, 0.3) is 0 Å². The summed E-state index contributed by atoms with van der Waals surface area (Å²) < 4.78 is 38.8. The minimum Gasteiger partial charge on any atom is -0.391 e. The number of hydrogen-bond donors (Lipinski definition) is 2. The third-order valence-corrected chi connectivity index (χ3v) is 2.85. The fourth-order valence-corrected chi connectivity index (χ4v) is 1.67. The van der Waals surface area contributed by atoms with Gasteiger partial charge in [-0.15, -0.1) is 0 Å². The molecule has 0 bridgehead atoms. The second-order valence-corrected chi connectivity index (χ2v) is 4.86. The van der Waals surface area contributed by atoms with Crippen molar-refractivity contribution in [2.75, 3.05) is 0 Å². The zero-order chi connectivity index (χ0) is 13.9. The Morgan fingerprint density at radius 3 is 2.06 bits per heavy atom. The first-order valence-electron chi connectivity index (χ1n) is 5.91. The molecule has 3 N–H and O–H groups in total. The molecule has 0 aliphatic carbocycles. The Balaban J connectivity index is 2.80. The molecule has 0 amide bonds. The van der Waals surface area contributed by atoms with E-state index in [1.165, 1.54) is 0 Å².